The second-order valence-electron chi connectivity index (χ2n) is 7.26. The summed E-state index contributed by atoms with van der Waals surface area (Å²) in [6.45, 7) is 2.43. The zero-order valence-electron chi connectivity index (χ0n) is 14.0. The average Bonchev–Trinajstić information content (AvgIpc) is 3.12. The Labute approximate surface area is 145 Å². The first-order valence-corrected chi connectivity index (χ1v) is 10.2. The molecule has 1 N–H and O–H groups in total. The number of nitrogens with one attached hydrogen (secondary N) is 1. The monoisotopic (exact) mass is 348 g/mol. The van der Waals surface area contributed by atoms with E-state index in [9.17, 15) is 9.00 Å². The Morgan fingerprint density at radius 2 is 2.12 bits per heavy atom. The lowest BCUT2D eigenvalue weighted by Gasteiger charge is -2.40. The Bertz CT molecular complexity index is 689. The van der Waals surface area contributed by atoms with E-state index in [0.29, 0.717) is 26.2 Å². The molecule has 1 aromatic rings. The van der Waals surface area contributed by atoms with Crippen molar-refractivity contribution in [2.75, 3.05) is 25.9 Å². The summed E-state index contributed by atoms with van der Waals surface area (Å²) in [5, 5.41) is 3.02. The number of likely N-dealkylation sites (tertiary alicyclic amines) is 1. The Hall–Kier alpha value is -1.40. The van der Waals surface area contributed by atoms with Crippen LogP contribution in [0.5, 0.6) is 0 Å². The highest BCUT2D eigenvalue weighted by molar-refractivity contribution is 7.85. The summed E-state index contributed by atoms with van der Waals surface area (Å²) in [6, 6.07) is 8.23. The van der Waals surface area contributed by atoms with Crippen molar-refractivity contribution in [1.82, 2.24) is 10.2 Å². The Morgan fingerprint density at radius 1 is 1.33 bits per heavy atom. The lowest BCUT2D eigenvalue weighted by molar-refractivity contribution is -0.0272. The summed E-state index contributed by atoms with van der Waals surface area (Å²) in [5.41, 5.74) is 2.12. The fraction of sp³-hybridized carbons (Fsp3) is 0.611. The number of rotatable bonds is 3. The number of fused-ring (bicyclic) bond motifs is 2. The van der Waals surface area contributed by atoms with E-state index >= 15 is 0 Å². The molecule has 2 fully saturated rings. The molecular weight excluding hydrogens is 324 g/mol. The molecule has 2 heterocycles. The molecular formula is C18H24N2O3S. The Kier molecular flexibility index (Phi) is 3.92. The molecule has 24 heavy (non-hydrogen) atoms. The van der Waals surface area contributed by atoms with E-state index in [-0.39, 0.29) is 16.4 Å². The molecule has 2 unspecified atom stereocenters. The average molecular weight is 348 g/mol. The molecule has 2 atom stereocenters. The van der Waals surface area contributed by atoms with Crippen molar-refractivity contribution in [2.45, 2.75) is 42.6 Å². The van der Waals surface area contributed by atoms with Gasteiger partial charge in [-0.2, -0.15) is 0 Å². The number of amides is 2. The van der Waals surface area contributed by atoms with Crippen molar-refractivity contribution in [1.29, 1.82) is 0 Å². The maximum absolute atomic E-state index is 12.6. The Morgan fingerprint density at radius 3 is 2.83 bits per heavy atom. The van der Waals surface area contributed by atoms with Gasteiger partial charge < -0.3 is 15.0 Å². The summed E-state index contributed by atoms with van der Waals surface area (Å²) in [5.74, 6) is 0. The van der Waals surface area contributed by atoms with Gasteiger partial charge in [-0.25, -0.2) is 4.79 Å². The third-order valence-electron chi connectivity index (χ3n) is 5.97. The van der Waals surface area contributed by atoms with Gasteiger partial charge in [0.2, 0.25) is 0 Å². The zero-order chi connectivity index (χ0) is 16.8. The fourth-order valence-electron chi connectivity index (χ4n) is 4.16. The van der Waals surface area contributed by atoms with Gasteiger partial charge in [-0.3, -0.25) is 4.21 Å². The van der Waals surface area contributed by atoms with Crippen molar-refractivity contribution < 1.29 is 13.7 Å². The molecule has 130 valence electrons. The number of carbonyl (C=O) groups excluding carboxylic acids is 1. The predicted octanol–water partition coefficient (Wildman–Crippen LogP) is 2.13. The largest absolute Gasteiger partial charge is 0.364 e. The molecule has 2 amide bonds. The van der Waals surface area contributed by atoms with Crippen LogP contribution in [0, 0.1) is 0 Å². The van der Waals surface area contributed by atoms with Crippen LogP contribution in [0.4, 0.5) is 4.79 Å². The first-order chi connectivity index (χ1) is 11.5. The molecule has 0 radical (unpaired) electrons. The van der Waals surface area contributed by atoms with Crippen LogP contribution in [-0.4, -0.2) is 45.8 Å². The van der Waals surface area contributed by atoms with Crippen molar-refractivity contribution in [3.63, 3.8) is 0 Å². The van der Waals surface area contributed by atoms with Gasteiger partial charge in [-0.05, 0) is 24.0 Å². The summed E-state index contributed by atoms with van der Waals surface area (Å²) < 4.78 is 17.8. The number of ether oxygens (including phenoxy) is 1. The van der Waals surface area contributed by atoms with Crippen molar-refractivity contribution in [3.8, 4) is 0 Å². The van der Waals surface area contributed by atoms with Gasteiger partial charge >= 0.3 is 6.03 Å². The maximum Gasteiger partial charge on any atom is 0.317 e. The lowest BCUT2D eigenvalue weighted by Crippen LogP contribution is -2.53. The molecule has 1 aromatic carbocycles. The number of hydrogen-bond donors (Lipinski definition) is 1. The lowest BCUT2D eigenvalue weighted by atomic mass is 9.84. The van der Waals surface area contributed by atoms with E-state index in [0.717, 1.165) is 25.7 Å². The van der Waals surface area contributed by atoms with Crippen molar-refractivity contribution >= 4 is 16.8 Å². The standard InChI is InChI=1S/C18H24N2O3S/c1-24(22)17(7-4-8-17)12-19-16(21)20-10-9-18(13-20)15-6-3-2-5-14(15)11-23-18/h2-3,5-6H,4,7-13H2,1H3,(H,19,21). The number of carbonyl (C=O) groups is 1. The highest BCUT2D eigenvalue weighted by Gasteiger charge is 2.47. The van der Waals surface area contributed by atoms with Crippen molar-refractivity contribution in [2.24, 2.45) is 0 Å². The highest BCUT2D eigenvalue weighted by atomic mass is 32.2. The van der Waals surface area contributed by atoms with E-state index in [1.807, 2.05) is 17.0 Å². The molecule has 1 saturated carbocycles. The highest BCUT2D eigenvalue weighted by Crippen LogP contribution is 2.43. The predicted molar refractivity (Wildman–Crippen MR) is 93.1 cm³/mol. The van der Waals surface area contributed by atoms with E-state index < -0.39 is 10.8 Å². The summed E-state index contributed by atoms with van der Waals surface area (Å²) in [6.07, 6.45) is 5.57. The first-order valence-electron chi connectivity index (χ1n) is 8.63. The minimum atomic E-state index is -0.896. The van der Waals surface area contributed by atoms with E-state index in [4.69, 9.17) is 4.74 Å². The van der Waals surface area contributed by atoms with Gasteiger partial charge in [0.05, 0.1) is 17.9 Å². The van der Waals surface area contributed by atoms with E-state index in [1.54, 1.807) is 6.26 Å². The molecule has 2 aliphatic heterocycles. The van der Waals surface area contributed by atoms with Gasteiger partial charge in [0, 0.05) is 36.6 Å². The maximum atomic E-state index is 12.6. The van der Waals surface area contributed by atoms with Gasteiger partial charge in [0.25, 0.3) is 0 Å². The van der Waals surface area contributed by atoms with E-state index in [2.05, 4.69) is 17.4 Å². The van der Waals surface area contributed by atoms with Crippen LogP contribution in [0.25, 0.3) is 0 Å². The molecule has 0 aromatic heterocycles. The van der Waals surface area contributed by atoms with Crippen molar-refractivity contribution in [3.05, 3.63) is 35.4 Å². The normalized spacial score (nSPS) is 28.5. The fourth-order valence-corrected chi connectivity index (χ4v) is 5.30. The molecule has 3 aliphatic rings. The van der Waals surface area contributed by atoms with Crippen LogP contribution in [0.1, 0.15) is 36.8 Å². The van der Waals surface area contributed by atoms with Crippen LogP contribution in [-0.2, 0) is 27.7 Å². The molecule has 1 saturated heterocycles. The number of hydrogen-bond acceptors (Lipinski definition) is 3. The van der Waals surface area contributed by atoms with Crippen LogP contribution in [0.2, 0.25) is 0 Å². The van der Waals surface area contributed by atoms with Gasteiger partial charge in [0.1, 0.15) is 5.60 Å². The first kappa shape index (κ1) is 16.1. The second-order valence-corrected chi connectivity index (χ2v) is 9.04. The molecule has 0 bridgehead atoms. The number of urea groups is 1. The third kappa shape index (κ3) is 2.47. The van der Waals surface area contributed by atoms with Crippen LogP contribution in [0.15, 0.2) is 24.3 Å². The number of nitrogens with zero attached hydrogens (tertiary/aromatic N) is 1. The minimum Gasteiger partial charge on any atom is -0.364 e. The quantitative estimate of drug-likeness (QED) is 0.910. The van der Waals surface area contributed by atoms with Gasteiger partial charge in [-0.1, -0.05) is 30.7 Å². The second kappa shape index (κ2) is 5.85. The molecule has 6 heteroatoms. The molecule has 1 spiro atoms. The van der Waals surface area contributed by atoms with Gasteiger partial charge in [0.15, 0.2) is 0 Å². The van der Waals surface area contributed by atoms with Crippen LogP contribution in [0.3, 0.4) is 0 Å². The SMILES string of the molecule is CS(=O)C1(CNC(=O)N2CCC3(C2)OCc2ccccc23)CCC1. The minimum absolute atomic E-state index is 0.0587. The third-order valence-corrected chi connectivity index (χ3v) is 7.74. The smallest absolute Gasteiger partial charge is 0.317 e. The molecule has 1 aliphatic carbocycles. The summed E-state index contributed by atoms with van der Waals surface area (Å²) in [7, 11) is -0.896. The van der Waals surface area contributed by atoms with E-state index in [1.165, 1.54) is 11.1 Å². The molecule has 4 rings (SSSR count). The molecule has 5 nitrogen and oxygen atoms in total. The summed E-state index contributed by atoms with van der Waals surface area (Å²) in [4.78, 5) is 14.4. The van der Waals surface area contributed by atoms with Gasteiger partial charge in [-0.15, -0.1) is 0 Å². The topological polar surface area (TPSA) is 58.6 Å². The number of benzene rings is 1. The Balaban J connectivity index is 1.41. The zero-order valence-corrected chi connectivity index (χ0v) is 14.9. The summed E-state index contributed by atoms with van der Waals surface area (Å²) >= 11 is 0. The van der Waals surface area contributed by atoms with Crippen LogP contribution >= 0.6 is 0 Å². The van der Waals surface area contributed by atoms with Crippen LogP contribution < -0.4 is 5.32 Å².